The van der Waals surface area contributed by atoms with E-state index in [9.17, 15) is 14.4 Å². The Hall–Kier alpha value is -3.35. The van der Waals surface area contributed by atoms with Crippen LogP contribution in [0.2, 0.25) is 0 Å². The lowest BCUT2D eigenvalue weighted by Crippen LogP contribution is -2.53. The molecule has 3 atom stereocenters. The molecule has 2 aromatic rings. The first kappa shape index (κ1) is 22.4. The highest BCUT2D eigenvalue weighted by atomic mass is 16.5. The summed E-state index contributed by atoms with van der Waals surface area (Å²) in [4.78, 5) is 41.7. The Balaban J connectivity index is 1.46. The minimum Gasteiger partial charge on any atom is -0.484 e. The molecule has 7 heteroatoms. The van der Waals surface area contributed by atoms with E-state index in [1.807, 2.05) is 64.4 Å². The van der Waals surface area contributed by atoms with Gasteiger partial charge in [0.05, 0.1) is 12.5 Å². The van der Waals surface area contributed by atoms with Crippen molar-refractivity contribution in [3.05, 3.63) is 60.2 Å². The first-order valence-corrected chi connectivity index (χ1v) is 12.2. The van der Waals surface area contributed by atoms with Crippen molar-refractivity contribution in [2.75, 3.05) is 11.5 Å². The zero-order valence-electron chi connectivity index (χ0n) is 19.1. The van der Waals surface area contributed by atoms with Gasteiger partial charge < -0.3 is 19.6 Å². The number of benzene rings is 2. The number of carbonyl (C=O) groups is 3. The number of rotatable bonds is 8. The Kier molecular flexibility index (Phi) is 6.26. The van der Waals surface area contributed by atoms with Crippen molar-refractivity contribution in [2.24, 2.45) is 5.92 Å². The molecular formula is C27H30N2O5. The lowest BCUT2D eigenvalue weighted by molar-refractivity contribution is -0.143. The van der Waals surface area contributed by atoms with Crippen LogP contribution in [0, 0.1) is 5.92 Å². The van der Waals surface area contributed by atoms with Gasteiger partial charge >= 0.3 is 5.97 Å². The number of carbonyl (C=O) groups excluding carboxylic acids is 2. The normalized spacial score (nSPS) is 23.1. The highest BCUT2D eigenvalue weighted by Crippen LogP contribution is 2.52. The number of fused-ring (bicyclic) bond motifs is 2. The summed E-state index contributed by atoms with van der Waals surface area (Å²) in [5.41, 5.74) is 1.82. The summed E-state index contributed by atoms with van der Waals surface area (Å²) in [6.07, 6.45) is 4.55. The second-order valence-electron chi connectivity index (χ2n) is 9.46. The standard InChI is InChI=1S/C27H30N2O5/c30-24(15-16-26(32)33)28(18-13-14-18)27-20-9-4-5-11-22(20)29(23-12-6-10-21(23)27)25(31)17-34-19-7-2-1-3-8-19/h1-5,7-9,11,18,21,23,27H,6,10,12-17H2,(H,32,33)/t21-,23+,27-/m0/s1. The first-order valence-electron chi connectivity index (χ1n) is 12.2. The molecule has 2 aliphatic carbocycles. The van der Waals surface area contributed by atoms with Crippen LogP contribution in [0.3, 0.4) is 0 Å². The van der Waals surface area contributed by atoms with Crippen molar-refractivity contribution in [1.82, 2.24) is 4.90 Å². The molecule has 0 spiro atoms. The van der Waals surface area contributed by atoms with Gasteiger partial charge in [0.1, 0.15) is 5.75 Å². The molecule has 178 valence electrons. The maximum Gasteiger partial charge on any atom is 0.303 e. The molecule has 0 bridgehead atoms. The third-order valence-corrected chi connectivity index (χ3v) is 7.24. The Morgan fingerprint density at radius 3 is 2.41 bits per heavy atom. The number of amides is 2. The monoisotopic (exact) mass is 462 g/mol. The fourth-order valence-electron chi connectivity index (χ4n) is 5.71. The van der Waals surface area contributed by atoms with Crippen molar-refractivity contribution in [1.29, 1.82) is 0 Å². The summed E-state index contributed by atoms with van der Waals surface area (Å²) in [6.45, 7) is -0.0455. The molecule has 0 aromatic heterocycles. The van der Waals surface area contributed by atoms with Crippen LogP contribution in [0.15, 0.2) is 54.6 Å². The topological polar surface area (TPSA) is 87.2 Å². The van der Waals surface area contributed by atoms with Gasteiger partial charge in [-0.25, -0.2) is 0 Å². The Bertz CT molecular complexity index is 1070. The third-order valence-electron chi connectivity index (χ3n) is 7.24. The van der Waals surface area contributed by atoms with E-state index in [4.69, 9.17) is 9.84 Å². The van der Waals surface area contributed by atoms with Gasteiger partial charge in [-0.05, 0) is 49.4 Å². The quantitative estimate of drug-likeness (QED) is 0.636. The molecule has 0 radical (unpaired) electrons. The Morgan fingerprint density at radius 2 is 1.68 bits per heavy atom. The van der Waals surface area contributed by atoms with Crippen molar-refractivity contribution in [2.45, 2.75) is 63.1 Å². The van der Waals surface area contributed by atoms with Crippen molar-refractivity contribution >= 4 is 23.5 Å². The molecule has 2 aromatic carbocycles. The average molecular weight is 463 g/mol. The van der Waals surface area contributed by atoms with Crippen molar-refractivity contribution < 1.29 is 24.2 Å². The molecule has 2 saturated carbocycles. The second kappa shape index (κ2) is 9.49. The zero-order chi connectivity index (χ0) is 23.7. The van der Waals surface area contributed by atoms with E-state index in [-0.39, 0.29) is 55.3 Å². The van der Waals surface area contributed by atoms with Gasteiger partial charge in [0.15, 0.2) is 6.61 Å². The molecule has 2 fully saturated rings. The Morgan fingerprint density at radius 1 is 0.941 bits per heavy atom. The molecule has 1 heterocycles. The van der Waals surface area contributed by atoms with Gasteiger partial charge in [-0.3, -0.25) is 14.4 Å². The van der Waals surface area contributed by atoms with E-state index in [0.29, 0.717) is 5.75 Å². The number of para-hydroxylation sites is 2. The number of nitrogens with zero attached hydrogens (tertiary/aromatic N) is 2. The molecule has 7 nitrogen and oxygen atoms in total. The van der Waals surface area contributed by atoms with Gasteiger partial charge in [-0.15, -0.1) is 0 Å². The smallest absolute Gasteiger partial charge is 0.303 e. The van der Waals surface area contributed by atoms with E-state index < -0.39 is 5.97 Å². The summed E-state index contributed by atoms with van der Waals surface area (Å²) in [6, 6.07) is 17.2. The SMILES string of the molecule is O=C(O)CCC(=O)N(C1CC1)[C@H]1c2ccccc2N(C(=O)COc2ccccc2)[C@@H]2CCC[C@@H]21. The average Bonchev–Trinajstić information content (AvgIpc) is 3.57. The third kappa shape index (κ3) is 4.39. The second-order valence-corrected chi connectivity index (χ2v) is 9.46. The van der Waals surface area contributed by atoms with Crippen LogP contribution >= 0.6 is 0 Å². The van der Waals surface area contributed by atoms with Crippen molar-refractivity contribution in [3.8, 4) is 5.75 Å². The maximum atomic E-state index is 13.5. The minimum atomic E-state index is -0.956. The van der Waals surface area contributed by atoms with Gasteiger partial charge in [0.25, 0.3) is 5.91 Å². The van der Waals surface area contributed by atoms with Crippen LogP contribution in [0.4, 0.5) is 5.69 Å². The number of hydrogen-bond donors (Lipinski definition) is 1. The fourth-order valence-corrected chi connectivity index (χ4v) is 5.71. The predicted octanol–water partition coefficient (Wildman–Crippen LogP) is 4.18. The number of ether oxygens (including phenoxy) is 1. The summed E-state index contributed by atoms with van der Waals surface area (Å²) in [7, 11) is 0. The number of hydrogen-bond acceptors (Lipinski definition) is 4. The van der Waals surface area contributed by atoms with Crippen molar-refractivity contribution in [3.63, 3.8) is 0 Å². The van der Waals surface area contributed by atoms with E-state index in [1.165, 1.54) is 0 Å². The molecule has 1 N–H and O–H groups in total. The lowest BCUT2D eigenvalue weighted by atomic mass is 9.81. The molecule has 34 heavy (non-hydrogen) atoms. The first-order chi connectivity index (χ1) is 16.5. The molecule has 0 unspecified atom stereocenters. The van der Waals surface area contributed by atoms with E-state index in [0.717, 1.165) is 43.4 Å². The van der Waals surface area contributed by atoms with Gasteiger partial charge in [0, 0.05) is 30.1 Å². The largest absolute Gasteiger partial charge is 0.484 e. The zero-order valence-corrected chi connectivity index (χ0v) is 19.1. The summed E-state index contributed by atoms with van der Waals surface area (Å²) >= 11 is 0. The summed E-state index contributed by atoms with van der Waals surface area (Å²) in [5.74, 6) is -0.345. The minimum absolute atomic E-state index is 0.000275. The molecule has 1 aliphatic heterocycles. The van der Waals surface area contributed by atoms with Crippen LogP contribution in [0.5, 0.6) is 5.75 Å². The van der Waals surface area contributed by atoms with Gasteiger partial charge in [-0.1, -0.05) is 42.8 Å². The number of carboxylic acids is 1. The number of carboxylic acid groups (broad SMARTS) is 1. The maximum absolute atomic E-state index is 13.5. The molecule has 2 amide bonds. The molecule has 3 aliphatic rings. The van der Waals surface area contributed by atoms with Crippen LogP contribution in [0.25, 0.3) is 0 Å². The van der Waals surface area contributed by atoms with Crippen LogP contribution in [0.1, 0.15) is 56.6 Å². The Labute approximate surface area is 199 Å². The predicted molar refractivity (Wildman–Crippen MR) is 126 cm³/mol. The summed E-state index contributed by atoms with van der Waals surface area (Å²) in [5, 5.41) is 9.12. The van der Waals surface area contributed by atoms with Crippen LogP contribution < -0.4 is 9.64 Å². The van der Waals surface area contributed by atoms with Gasteiger partial charge in [-0.2, -0.15) is 0 Å². The molecule has 5 rings (SSSR count). The van der Waals surface area contributed by atoms with E-state index >= 15 is 0 Å². The lowest BCUT2D eigenvalue weighted by Gasteiger charge is -2.47. The highest BCUT2D eigenvalue weighted by Gasteiger charge is 2.51. The molecule has 0 saturated heterocycles. The van der Waals surface area contributed by atoms with E-state index in [2.05, 4.69) is 0 Å². The van der Waals surface area contributed by atoms with Gasteiger partial charge in [0.2, 0.25) is 5.91 Å². The highest BCUT2D eigenvalue weighted by molar-refractivity contribution is 5.97. The van der Waals surface area contributed by atoms with E-state index in [1.54, 1.807) is 0 Å². The van der Waals surface area contributed by atoms with Crippen LogP contribution in [-0.2, 0) is 14.4 Å². The number of anilines is 1. The number of aliphatic carboxylic acids is 1. The van der Waals surface area contributed by atoms with Crippen LogP contribution in [-0.4, -0.2) is 46.5 Å². The molecular weight excluding hydrogens is 432 g/mol. The fraction of sp³-hybridized carbons (Fsp3) is 0.444. The summed E-state index contributed by atoms with van der Waals surface area (Å²) < 4.78 is 5.79.